The maximum atomic E-state index is 12.3. The summed E-state index contributed by atoms with van der Waals surface area (Å²) in [6.45, 7) is 2.41. The van der Waals surface area contributed by atoms with Gasteiger partial charge in [-0.05, 0) is 6.92 Å². The summed E-state index contributed by atoms with van der Waals surface area (Å²) in [6.07, 6.45) is -3.42. The minimum atomic E-state index is -4.17. The van der Waals surface area contributed by atoms with E-state index in [0.717, 1.165) is 6.29 Å². The van der Waals surface area contributed by atoms with Crippen LogP contribution in [0.2, 0.25) is 0 Å². The Morgan fingerprint density at radius 3 is 2.35 bits per heavy atom. The normalized spacial score (nSPS) is 17.6. The highest BCUT2D eigenvalue weighted by atomic mass is 19.4. The Morgan fingerprint density at radius 2 is 1.85 bits per heavy atom. The molecule has 0 bridgehead atoms. The third-order valence-corrected chi connectivity index (χ3v) is 3.43. The molecule has 0 amide bonds. The number of aryl methyl sites for hydroxylation is 2. The number of halogens is 3. The van der Waals surface area contributed by atoms with Crippen LogP contribution in [0.1, 0.15) is 16.1 Å². The molecule has 20 heavy (non-hydrogen) atoms. The number of alkyl halides is 3. The number of anilines is 1. The molecule has 1 aliphatic rings. The third-order valence-electron chi connectivity index (χ3n) is 3.43. The lowest BCUT2D eigenvalue weighted by molar-refractivity contribution is -0.146. The van der Waals surface area contributed by atoms with Crippen LogP contribution in [0.25, 0.3) is 0 Å². The quantitative estimate of drug-likeness (QED) is 0.785. The predicted octanol–water partition coefficient (Wildman–Crippen LogP) is 1.23. The van der Waals surface area contributed by atoms with Crippen molar-refractivity contribution in [3.63, 3.8) is 0 Å². The van der Waals surface area contributed by atoms with Gasteiger partial charge in [0.25, 0.3) is 0 Å². The summed E-state index contributed by atoms with van der Waals surface area (Å²) in [6, 6.07) is 0. The molecule has 1 aromatic rings. The summed E-state index contributed by atoms with van der Waals surface area (Å²) in [5, 5.41) is 4.19. The average molecular weight is 290 g/mol. The van der Waals surface area contributed by atoms with Gasteiger partial charge in [0.1, 0.15) is 5.82 Å². The topological polar surface area (TPSA) is 41.4 Å². The van der Waals surface area contributed by atoms with E-state index in [9.17, 15) is 18.0 Å². The average Bonchev–Trinajstić information content (AvgIpc) is 2.62. The molecule has 1 aliphatic heterocycles. The van der Waals surface area contributed by atoms with Crippen LogP contribution < -0.4 is 4.90 Å². The van der Waals surface area contributed by atoms with Gasteiger partial charge < -0.3 is 4.90 Å². The molecule has 0 N–H and O–H groups in total. The van der Waals surface area contributed by atoms with Crippen LogP contribution in [0, 0.1) is 6.92 Å². The molecule has 2 rings (SSSR count). The van der Waals surface area contributed by atoms with Gasteiger partial charge in [-0.25, -0.2) is 0 Å². The van der Waals surface area contributed by atoms with Crippen molar-refractivity contribution in [3.8, 4) is 0 Å². The molecule has 5 nitrogen and oxygen atoms in total. The van der Waals surface area contributed by atoms with Gasteiger partial charge in [-0.15, -0.1) is 0 Å². The molecule has 0 spiro atoms. The fourth-order valence-electron chi connectivity index (χ4n) is 2.55. The van der Waals surface area contributed by atoms with Gasteiger partial charge in [-0.1, -0.05) is 0 Å². The van der Waals surface area contributed by atoms with Crippen LogP contribution in [0.15, 0.2) is 0 Å². The van der Waals surface area contributed by atoms with Crippen LogP contribution in [0.4, 0.5) is 19.0 Å². The molecule has 112 valence electrons. The van der Waals surface area contributed by atoms with Crippen molar-refractivity contribution >= 4 is 12.1 Å². The van der Waals surface area contributed by atoms with Gasteiger partial charge in [0.15, 0.2) is 6.29 Å². The number of aromatic nitrogens is 2. The zero-order chi connectivity index (χ0) is 14.9. The molecule has 2 heterocycles. The zero-order valence-electron chi connectivity index (χ0n) is 11.4. The second kappa shape index (κ2) is 5.43. The number of piperazine rings is 1. The van der Waals surface area contributed by atoms with Crippen LogP contribution >= 0.6 is 0 Å². The Morgan fingerprint density at radius 1 is 1.25 bits per heavy atom. The van der Waals surface area contributed by atoms with Gasteiger partial charge in [-0.2, -0.15) is 18.3 Å². The van der Waals surface area contributed by atoms with E-state index >= 15 is 0 Å². The van der Waals surface area contributed by atoms with Gasteiger partial charge in [-0.3, -0.25) is 14.4 Å². The summed E-state index contributed by atoms with van der Waals surface area (Å²) in [5.74, 6) is 0.684. The van der Waals surface area contributed by atoms with Crippen molar-refractivity contribution in [1.82, 2.24) is 14.7 Å². The minimum Gasteiger partial charge on any atom is -0.354 e. The number of nitrogens with zero attached hydrogens (tertiary/aromatic N) is 4. The van der Waals surface area contributed by atoms with Gasteiger partial charge >= 0.3 is 6.18 Å². The zero-order valence-corrected chi connectivity index (χ0v) is 11.4. The fraction of sp³-hybridized carbons (Fsp3) is 0.667. The van der Waals surface area contributed by atoms with E-state index in [4.69, 9.17) is 0 Å². The molecule has 8 heteroatoms. The Labute approximate surface area is 114 Å². The molecular formula is C12H17F3N4O. The first-order chi connectivity index (χ1) is 9.31. The summed E-state index contributed by atoms with van der Waals surface area (Å²) < 4.78 is 38.6. The van der Waals surface area contributed by atoms with Crippen molar-refractivity contribution in [2.24, 2.45) is 7.05 Å². The first kappa shape index (κ1) is 14.8. The maximum Gasteiger partial charge on any atom is 0.401 e. The molecular weight excluding hydrogens is 273 g/mol. The second-order valence-corrected chi connectivity index (χ2v) is 4.94. The van der Waals surface area contributed by atoms with Crippen molar-refractivity contribution in [2.45, 2.75) is 13.1 Å². The van der Waals surface area contributed by atoms with Gasteiger partial charge in [0.05, 0.1) is 17.8 Å². The Bertz CT molecular complexity index is 490. The highest BCUT2D eigenvalue weighted by molar-refractivity contribution is 5.84. The minimum absolute atomic E-state index is 0.321. The van der Waals surface area contributed by atoms with E-state index in [2.05, 4.69) is 5.10 Å². The van der Waals surface area contributed by atoms with Crippen molar-refractivity contribution in [3.05, 3.63) is 11.3 Å². The molecule has 1 saturated heterocycles. The summed E-state index contributed by atoms with van der Waals surface area (Å²) >= 11 is 0. The predicted molar refractivity (Wildman–Crippen MR) is 68.0 cm³/mol. The van der Waals surface area contributed by atoms with Crippen LogP contribution in [-0.2, 0) is 7.05 Å². The molecule has 0 aromatic carbocycles. The lowest BCUT2D eigenvalue weighted by Gasteiger charge is -2.36. The van der Waals surface area contributed by atoms with Crippen LogP contribution in [0.3, 0.4) is 0 Å². The first-order valence-corrected chi connectivity index (χ1v) is 6.34. The second-order valence-electron chi connectivity index (χ2n) is 4.94. The molecule has 1 fully saturated rings. The van der Waals surface area contributed by atoms with E-state index in [-0.39, 0.29) is 0 Å². The van der Waals surface area contributed by atoms with E-state index in [0.29, 0.717) is 43.3 Å². The highest BCUT2D eigenvalue weighted by Crippen LogP contribution is 2.24. The van der Waals surface area contributed by atoms with E-state index in [1.807, 2.05) is 4.90 Å². The Kier molecular flexibility index (Phi) is 4.03. The third kappa shape index (κ3) is 3.12. The summed E-state index contributed by atoms with van der Waals surface area (Å²) in [4.78, 5) is 14.4. The highest BCUT2D eigenvalue weighted by Gasteiger charge is 2.33. The Hall–Kier alpha value is -1.57. The smallest absolute Gasteiger partial charge is 0.354 e. The van der Waals surface area contributed by atoms with Gasteiger partial charge in [0.2, 0.25) is 0 Å². The molecule has 0 saturated carbocycles. The van der Waals surface area contributed by atoms with Crippen LogP contribution in [0.5, 0.6) is 0 Å². The largest absolute Gasteiger partial charge is 0.401 e. The molecule has 0 atom stereocenters. The Balaban J connectivity index is 2.06. The van der Waals surface area contributed by atoms with Gasteiger partial charge in [0, 0.05) is 33.2 Å². The van der Waals surface area contributed by atoms with E-state index in [1.165, 1.54) is 4.90 Å². The number of hydrogen-bond acceptors (Lipinski definition) is 4. The van der Waals surface area contributed by atoms with E-state index in [1.54, 1.807) is 18.7 Å². The molecule has 0 unspecified atom stereocenters. The summed E-state index contributed by atoms with van der Waals surface area (Å²) in [7, 11) is 1.73. The number of aldehydes is 1. The first-order valence-electron chi connectivity index (χ1n) is 6.34. The number of hydrogen-bond donors (Lipinski definition) is 0. The summed E-state index contributed by atoms with van der Waals surface area (Å²) in [5.41, 5.74) is 1.15. The lowest BCUT2D eigenvalue weighted by atomic mass is 10.2. The monoisotopic (exact) mass is 290 g/mol. The molecule has 0 radical (unpaired) electrons. The van der Waals surface area contributed by atoms with E-state index < -0.39 is 12.7 Å². The van der Waals surface area contributed by atoms with Crippen molar-refractivity contribution in [2.75, 3.05) is 37.6 Å². The van der Waals surface area contributed by atoms with Crippen molar-refractivity contribution in [1.29, 1.82) is 0 Å². The number of carbonyl (C=O) groups excluding carboxylic acids is 1. The number of rotatable bonds is 3. The molecule has 0 aliphatic carbocycles. The SMILES string of the molecule is Cc1nn(C)c(N2CCN(CC(F)(F)F)CC2)c1C=O. The fourth-order valence-corrected chi connectivity index (χ4v) is 2.55. The molecule has 1 aromatic heterocycles. The lowest BCUT2D eigenvalue weighted by Crippen LogP contribution is -2.49. The standard InChI is InChI=1S/C12H17F3N4O/c1-9-10(7-20)11(17(2)16-9)19-5-3-18(4-6-19)8-12(13,14)15/h7H,3-6,8H2,1-2H3. The maximum absolute atomic E-state index is 12.3. The van der Waals surface area contributed by atoms with Crippen LogP contribution in [-0.4, -0.2) is 59.9 Å². The van der Waals surface area contributed by atoms with Crippen molar-refractivity contribution < 1.29 is 18.0 Å². The number of carbonyl (C=O) groups is 1.